The lowest BCUT2D eigenvalue weighted by Crippen LogP contribution is -2.46. The van der Waals surface area contributed by atoms with Crippen molar-refractivity contribution >= 4 is 45.5 Å². The molecule has 6 aromatic rings. The number of pyridine rings is 1. The van der Waals surface area contributed by atoms with Gasteiger partial charge >= 0.3 is 0 Å². The van der Waals surface area contributed by atoms with Gasteiger partial charge in [-0.05, 0) is 111 Å². The summed E-state index contributed by atoms with van der Waals surface area (Å²) in [6.45, 7) is 9.92. The van der Waals surface area contributed by atoms with E-state index in [1.54, 1.807) is 21.6 Å². The van der Waals surface area contributed by atoms with Crippen LogP contribution in [-0.2, 0) is 54.1 Å². The molecule has 2 atom stereocenters. The van der Waals surface area contributed by atoms with Gasteiger partial charge in [0.1, 0.15) is 16.7 Å². The number of fused-ring (bicyclic) bond motifs is 6. The molecule has 3 N–H and O–H groups in total. The summed E-state index contributed by atoms with van der Waals surface area (Å²) in [5, 5.41) is 22.8. The number of aliphatic hydroxyl groups is 1. The Balaban J connectivity index is 0.741. The van der Waals surface area contributed by atoms with Crippen LogP contribution in [0.15, 0.2) is 70.6 Å². The highest BCUT2D eigenvalue weighted by atomic mass is 16.5. The number of carbonyl (C=O) groups excluding carboxylic acids is 2. The predicted octanol–water partition coefficient (Wildman–Crippen LogP) is 5.84. The summed E-state index contributed by atoms with van der Waals surface area (Å²) in [5.41, 5.74) is 8.38. The highest BCUT2D eigenvalue weighted by Gasteiger charge is 2.38. The number of piperidine rings is 1. The normalized spacial score (nSPS) is 24.0. The maximum Gasteiger partial charge on any atom is 0.278 e. The van der Waals surface area contributed by atoms with E-state index in [-0.39, 0.29) is 23.9 Å². The van der Waals surface area contributed by atoms with Gasteiger partial charge in [-0.1, -0.05) is 36.4 Å². The molecule has 2 aliphatic carbocycles. The average molecular weight is 849 g/mol. The SMILES string of the molecule is C=CCn1c(=O)c2cnc(Nc3ccc4c(c3)CCN(C3CCC(N5CCc6c(ccc7c(C8CCC(=O)NC8=O)noc67)C5)CC3)C4)nc2n1-c1ccc2c(n1)[C@@](O)(CC)CC2. The van der Waals surface area contributed by atoms with E-state index >= 15 is 0 Å². The molecule has 324 valence electrons. The molecule has 5 aliphatic rings. The number of aryl methyl sites for hydroxylation is 1. The van der Waals surface area contributed by atoms with Crippen LogP contribution in [0.25, 0.3) is 27.8 Å². The third kappa shape index (κ3) is 6.88. The second kappa shape index (κ2) is 15.6. The van der Waals surface area contributed by atoms with Gasteiger partial charge in [-0.2, -0.15) is 4.98 Å². The van der Waals surface area contributed by atoms with Gasteiger partial charge in [0.15, 0.2) is 17.0 Å². The molecule has 0 radical (unpaired) electrons. The molecule has 1 unspecified atom stereocenters. The van der Waals surface area contributed by atoms with Crippen molar-refractivity contribution in [3.8, 4) is 5.82 Å². The van der Waals surface area contributed by atoms with Crippen molar-refractivity contribution in [2.24, 2.45) is 0 Å². The van der Waals surface area contributed by atoms with Crippen LogP contribution in [0.4, 0.5) is 11.6 Å². The standard InChI is InChI=1S/C48H52N10O5/c1-3-21-57-46(61)38-25-49-47(53-44(38)58(57)39-15-7-28-17-20-48(62,4-2)43(28)51-39)50-32-8-5-30-26-55(22-18-29(30)24-32)33-9-11-34(12-10-33)56-23-19-35-31(27-56)6-13-36-41(54-63-42(35)36)37-14-16-40(59)52-45(37)60/h3,5-8,13,15,24-25,33-34,37,62H,1,4,9-12,14,16-23,26-27H2,2H3,(H,49,50,53)(H,52,59,60)/t33?,34?,37?,48-/m1/s1. The van der Waals surface area contributed by atoms with E-state index in [9.17, 15) is 19.5 Å². The third-order valence-corrected chi connectivity index (χ3v) is 14.7. The Morgan fingerprint density at radius 3 is 2.43 bits per heavy atom. The molecule has 15 heteroatoms. The van der Waals surface area contributed by atoms with E-state index in [0.717, 1.165) is 67.7 Å². The minimum atomic E-state index is -0.991. The summed E-state index contributed by atoms with van der Waals surface area (Å²) in [6.07, 6.45) is 12.5. The summed E-state index contributed by atoms with van der Waals surface area (Å²) >= 11 is 0. The van der Waals surface area contributed by atoms with Gasteiger partial charge < -0.3 is 14.9 Å². The lowest BCUT2D eigenvalue weighted by atomic mass is 9.86. The molecule has 15 nitrogen and oxygen atoms in total. The smallest absolute Gasteiger partial charge is 0.278 e. The molecule has 2 fully saturated rings. The molecule has 7 heterocycles. The predicted molar refractivity (Wildman–Crippen MR) is 237 cm³/mol. The van der Waals surface area contributed by atoms with Crippen LogP contribution < -0.4 is 16.2 Å². The quantitative estimate of drug-likeness (QED) is 0.117. The Hall–Kier alpha value is -6.03. The fourth-order valence-corrected chi connectivity index (χ4v) is 11.1. The molecular weight excluding hydrogens is 797 g/mol. The van der Waals surface area contributed by atoms with E-state index in [1.807, 2.05) is 19.1 Å². The van der Waals surface area contributed by atoms with Gasteiger partial charge in [-0.3, -0.25) is 29.5 Å². The monoisotopic (exact) mass is 848 g/mol. The minimum Gasteiger partial charge on any atom is -0.384 e. The number of carbonyl (C=O) groups is 2. The minimum absolute atomic E-state index is 0.229. The lowest BCUT2D eigenvalue weighted by molar-refractivity contribution is -0.134. The highest BCUT2D eigenvalue weighted by Crippen LogP contribution is 2.40. The molecule has 0 bridgehead atoms. The van der Waals surface area contributed by atoms with Gasteiger partial charge in [-0.25, -0.2) is 19.3 Å². The molecule has 2 aromatic carbocycles. The number of amides is 2. The zero-order chi connectivity index (χ0) is 43.0. The number of benzene rings is 2. The fourth-order valence-electron chi connectivity index (χ4n) is 11.1. The first kappa shape index (κ1) is 39.8. The Kier molecular flexibility index (Phi) is 9.88. The average Bonchev–Trinajstić information content (AvgIpc) is 3.97. The van der Waals surface area contributed by atoms with Crippen LogP contribution in [0.3, 0.4) is 0 Å². The molecule has 4 aromatic heterocycles. The number of imide groups is 1. The van der Waals surface area contributed by atoms with Crippen LogP contribution in [0, 0.1) is 0 Å². The van der Waals surface area contributed by atoms with Gasteiger partial charge in [0.05, 0.1) is 18.2 Å². The van der Waals surface area contributed by atoms with Crippen LogP contribution in [0.2, 0.25) is 0 Å². The molecule has 3 aliphatic heterocycles. The zero-order valence-corrected chi connectivity index (χ0v) is 35.6. The summed E-state index contributed by atoms with van der Waals surface area (Å²) in [5.74, 6) is -0.0752. The summed E-state index contributed by atoms with van der Waals surface area (Å²) in [4.78, 5) is 57.6. The Morgan fingerprint density at radius 2 is 1.65 bits per heavy atom. The van der Waals surface area contributed by atoms with Gasteiger partial charge in [0.2, 0.25) is 17.8 Å². The maximum atomic E-state index is 13.6. The molecule has 11 rings (SSSR count). The first-order valence-corrected chi connectivity index (χ1v) is 22.6. The van der Waals surface area contributed by atoms with Crippen LogP contribution in [0.5, 0.6) is 0 Å². The van der Waals surface area contributed by atoms with Crippen molar-refractivity contribution < 1.29 is 19.2 Å². The first-order valence-electron chi connectivity index (χ1n) is 22.6. The first-order chi connectivity index (χ1) is 30.7. The van der Waals surface area contributed by atoms with E-state index in [4.69, 9.17) is 14.5 Å². The largest absolute Gasteiger partial charge is 0.384 e. The lowest BCUT2D eigenvalue weighted by Gasteiger charge is -2.43. The molecule has 63 heavy (non-hydrogen) atoms. The van der Waals surface area contributed by atoms with Crippen molar-refractivity contribution in [2.45, 2.75) is 121 Å². The summed E-state index contributed by atoms with van der Waals surface area (Å²) < 4.78 is 9.17. The van der Waals surface area contributed by atoms with Crippen LogP contribution >= 0.6 is 0 Å². The molecule has 1 saturated heterocycles. The topological polar surface area (TPSA) is 177 Å². The number of anilines is 2. The Morgan fingerprint density at radius 1 is 0.889 bits per heavy atom. The van der Waals surface area contributed by atoms with Crippen molar-refractivity contribution in [1.82, 2.24) is 44.6 Å². The van der Waals surface area contributed by atoms with Crippen molar-refractivity contribution in [3.05, 3.63) is 111 Å². The van der Waals surface area contributed by atoms with Crippen LogP contribution in [0.1, 0.15) is 103 Å². The van der Waals surface area contributed by atoms with Crippen molar-refractivity contribution in [2.75, 3.05) is 18.4 Å². The van der Waals surface area contributed by atoms with Crippen LogP contribution in [-0.4, -0.2) is 81.4 Å². The van der Waals surface area contributed by atoms with E-state index in [0.29, 0.717) is 72.0 Å². The third-order valence-electron chi connectivity index (χ3n) is 14.7. The fraction of sp³-hybridized carbons (Fsp3) is 0.438. The van der Waals surface area contributed by atoms with E-state index in [2.05, 4.69) is 67.5 Å². The number of aromatic nitrogens is 6. The Bertz CT molecular complexity index is 2890. The highest BCUT2D eigenvalue weighted by molar-refractivity contribution is 6.02. The second-order valence-corrected chi connectivity index (χ2v) is 18.1. The summed E-state index contributed by atoms with van der Waals surface area (Å²) in [7, 11) is 0. The molecule has 1 saturated carbocycles. The van der Waals surface area contributed by atoms with Gasteiger partial charge in [0, 0.05) is 67.5 Å². The van der Waals surface area contributed by atoms with Crippen molar-refractivity contribution in [1.29, 1.82) is 0 Å². The van der Waals surface area contributed by atoms with Gasteiger partial charge in [-0.15, -0.1) is 6.58 Å². The number of hydrogen-bond acceptors (Lipinski definition) is 12. The molecular formula is C48H52N10O5. The number of nitrogens with one attached hydrogen (secondary N) is 2. The van der Waals surface area contributed by atoms with Gasteiger partial charge in [0.25, 0.3) is 5.56 Å². The zero-order valence-electron chi connectivity index (χ0n) is 35.6. The Labute approximate surface area is 364 Å². The number of hydrogen-bond donors (Lipinski definition) is 3. The van der Waals surface area contributed by atoms with E-state index in [1.165, 1.54) is 47.9 Å². The number of rotatable bonds is 9. The van der Waals surface area contributed by atoms with E-state index < -0.39 is 11.5 Å². The van der Waals surface area contributed by atoms with Crippen molar-refractivity contribution in [3.63, 3.8) is 0 Å². The number of allylic oxidation sites excluding steroid dienone is 1. The summed E-state index contributed by atoms with van der Waals surface area (Å²) in [6, 6.07) is 15.7. The number of nitrogens with zero attached hydrogens (tertiary/aromatic N) is 8. The molecule has 2 amide bonds. The molecule has 0 spiro atoms. The second-order valence-electron chi connectivity index (χ2n) is 18.1. The maximum absolute atomic E-state index is 13.6.